The van der Waals surface area contributed by atoms with Gasteiger partial charge in [-0.15, -0.1) is 0 Å². The average molecular weight is 402 g/mol. The van der Waals surface area contributed by atoms with Gasteiger partial charge in [-0.3, -0.25) is 0 Å². The fourth-order valence-electron chi connectivity index (χ4n) is 4.35. The van der Waals surface area contributed by atoms with E-state index in [4.69, 9.17) is 0 Å². The van der Waals surface area contributed by atoms with Gasteiger partial charge in [-0.1, -0.05) is 35.7 Å². The molecule has 3 aliphatic rings. The van der Waals surface area contributed by atoms with Crippen LogP contribution in [0.5, 0.6) is 0 Å². The lowest BCUT2D eigenvalue weighted by molar-refractivity contribution is 0.218. The van der Waals surface area contributed by atoms with Crippen LogP contribution >= 0.6 is 15.9 Å². The lowest BCUT2D eigenvalue weighted by Gasteiger charge is -2.39. The van der Waals surface area contributed by atoms with Gasteiger partial charge in [0.2, 0.25) is 10.0 Å². The largest absolute Gasteiger partial charge is 0.385 e. The third-order valence-corrected chi connectivity index (χ3v) is 9.06. The van der Waals surface area contributed by atoms with Crippen LogP contribution in [0.1, 0.15) is 45.4 Å². The molecular weight excluding hydrogens is 378 g/mol. The molecule has 7 heteroatoms. The molecule has 0 saturated heterocycles. The summed E-state index contributed by atoms with van der Waals surface area (Å²) >= 11 is 3.55. The monoisotopic (exact) mass is 401 g/mol. The van der Waals surface area contributed by atoms with Gasteiger partial charge in [0.15, 0.2) is 0 Å². The van der Waals surface area contributed by atoms with E-state index >= 15 is 0 Å². The first-order valence-corrected chi connectivity index (χ1v) is 10.9. The number of hydrogen-bond acceptors (Lipinski definition) is 4. The van der Waals surface area contributed by atoms with Crippen LogP contribution in [0.3, 0.4) is 0 Å². The van der Waals surface area contributed by atoms with E-state index in [1.807, 2.05) is 0 Å². The molecule has 2 N–H and O–H groups in total. The SMILES string of the molecule is CC1CCC(NS(=O)(=O)C2CCCCC2Br)C2NC=C(C#N)C12. The molecule has 3 rings (SSSR count). The second kappa shape index (κ2) is 6.73. The van der Waals surface area contributed by atoms with Crippen LogP contribution in [0.2, 0.25) is 0 Å². The molecule has 2 fully saturated rings. The van der Waals surface area contributed by atoms with Crippen molar-refractivity contribution < 1.29 is 8.42 Å². The molecule has 2 saturated carbocycles. The summed E-state index contributed by atoms with van der Waals surface area (Å²) in [5, 5.41) is 12.2. The molecule has 5 nitrogen and oxygen atoms in total. The summed E-state index contributed by atoms with van der Waals surface area (Å²) in [6.45, 7) is 2.15. The predicted molar refractivity (Wildman–Crippen MR) is 93.3 cm³/mol. The Morgan fingerprint density at radius 2 is 2.04 bits per heavy atom. The van der Waals surface area contributed by atoms with Crippen LogP contribution < -0.4 is 10.0 Å². The standard InChI is InChI=1S/C16H24BrN3O2S/c1-10-6-7-13(16-15(10)11(8-18)9-19-16)20-23(21,22)14-5-3-2-4-12(14)17/h9-10,12-16,19-20H,2-7H2,1H3. The highest BCUT2D eigenvalue weighted by atomic mass is 79.9. The Kier molecular flexibility index (Phi) is 5.05. The third-order valence-electron chi connectivity index (χ3n) is 5.62. The molecule has 0 amide bonds. The van der Waals surface area contributed by atoms with E-state index < -0.39 is 10.0 Å². The summed E-state index contributed by atoms with van der Waals surface area (Å²) in [6, 6.07) is 2.13. The van der Waals surface area contributed by atoms with Crippen molar-refractivity contribution in [3.8, 4) is 6.07 Å². The lowest BCUT2D eigenvalue weighted by atomic mass is 9.73. The topological polar surface area (TPSA) is 82.0 Å². The second-order valence-electron chi connectivity index (χ2n) is 7.09. The minimum atomic E-state index is -3.36. The molecule has 0 radical (unpaired) electrons. The summed E-state index contributed by atoms with van der Waals surface area (Å²) in [7, 11) is -3.36. The van der Waals surface area contributed by atoms with E-state index in [-0.39, 0.29) is 28.1 Å². The van der Waals surface area contributed by atoms with Gasteiger partial charge < -0.3 is 5.32 Å². The molecule has 128 valence electrons. The van der Waals surface area contributed by atoms with Gasteiger partial charge in [0, 0.05) is 29.0 Å². The Hall–Kier alpha value is -0.580. The Morgan fingerprint density at radius 3 is 2.74 bits per heavy atom. The zero-order chi connectivity index (χ0) is 16.6. The number of alkyl halides is 1. The van der Waals surface area contributed by atoms with Crippen molar-refractivity contribution in [3.63, 3.8) is 0 Å². The highest BCUT2D eigenvalue weighted by molar-refractivity contribution is 9.09. The molecule has 1 heterocycles. The molecule has 6 atom stereocenters. The van der Waals surface area contributed by atoms with Gasteiger partial charge >= 0.3 is 0 Å². The van der Waals surface area contributed by atoms with Gasteiger partial charge in [0.25, 0.3) is 0 Å². The van der Waals surface area contributed by atoms with Gasteiger partial charge in [-0.25, -0.2) is 13.1 Å². The van der Waals surface area contributed by atoms with Crippen molar-refractivity contribution in [1.29, 1.82) is 5.26 Å². The number of hydrogen-bond donors (Lipinski definition) is 2. The minimum Gasteiger partial charge on any atom is -0.385 e. The number of halogens is 1. The smallest absolute Gasteiger partial charge is 0.215 e. The van der Waals surface area contributed by atoms with Crippen molar-refractivity contribution in [2.45, 2.75) is 67.6 Å². The summed E-state index contributed by atoms with van der Waals surface area (Å²) in [6.07, 6.45) is 7.23. The van der Waals surface area contributed by atoms with Crippen LogP contribution in [0.4, 0.5) is 0 Å². The van der Waals surface area contributed by atoms with Gasteiger partial charge in [-0.05, 0) is 31.6 Å². The number of nitrogens with zero attached hydrogens (tertiary/aromatic N) is 1. The molecule has 0 aromatic rings. The highest BCUT2D eigenvalue weighted by Gasteiger charge is 2.45. The normalized spacial score (nSPS) is 40.7. The van der Waals surface area contributed by atoms with E-state index in [9.17, 15) is 13.7 Å². The predicted octanol–water partition coefficient (Wildman–Crippen LogP) is 2.41. The summed E-state index contributed by atoms with van der Waals surface area (Å²) in [4.78, 5) is 0.0383. The van der Waals surface area contributed by atoms with Crippen molar-refractivity contribution in [2.24, 2.45) is 11.8 Å². The molecule has 6 unspecified atom stereocenters. The Morgan fingerprint density at radius 1 is 1.30 bits per heavy atom. The van der Waals surface area contributed by atoms with E-state index in [1.165, 1.54) is 0 Å². The maximum absolute atomic E-state index is 12.8. The van der Waals surface area contributed by atoms with Crippen LogP contribution in [-0.4, -0.2) is 30.6 Å². The Balaban J connectivity index is 1.74. The van der Waals surface area contributed by atoms with Gasteiger partial charge in [0.05, 0.1) is 16.9 Å². The summed E-state index contributed by atoms with van der Waals surface area (Å²) < 4.78 is 28.6. The zero-order valence-electron chi connectivity index (χ0n) is 13.3. The van der Waals surface area contributed by atoms with Crippen LogP contribution in [-0.2, 0) is 10.0 Å². The molecule has 0 aromatic carbocycles. The number of sulfonamides is 1. The fraction of sp³-hybridized carbons (Fsp3) is 0.812. The van der Waals surface area contributed by atoms with E-state index in [0.717, 1.165) is 44.1 Å². The Labute approximate surface area is 147 Å². The van der Waals surface area contributed by atoms with E-state index in [2.05, 4.69) is 39.0 Å². The second-order valence-corrected chi connectivity index (χ2v) is 10.2. The molecule has 23 heavy (non-hydrogen) atoms. The Bertz CT molecular complexity index is 628. The van der Waals surface area contributed by atoms with E-state index in [0.29, 0.717) is 5.92 Å². The number of fused-ring (bicyclic) bond motifs is 1. The maximum atomic E-state index is 12.8. The summed E-state index contributed by atoms with van der Waals surface area (Å²) in [5.74, 6) is 0.521. The van der Waals surface area contributed by atoms with Crippen LogP contribution in [0.25, 0.3) is 0 Å². The van der Waals surface area contributed by atoms with Gasteiger partial charge in [0.1, 0.15) is 0 Å². The number of rotatable bonds is 3. The quantitative estimate of drug-likeness (QED) is 0.711. The lowest BCUT2D eigenvalue weighted by Crippen LogP contribution is -2.56. The van der Waals surface area contributed by atoms with Crippen LogP contribution in [0, 0.1) is 23.2 Å². The van der Waals surface area contributed by atoms with E-state index in [1.54, 1.807) is 6.20 Å². The molecular formula is C16H24BrN3O2S. The molecule has 1 aliphatic heterocycles. The first kappa shape index (κ1) is 17.2. The minimum absolute atomic E-state index is 0.000501. The first-order valence-electron chi connectivity index (χ1n) is 8.45. The highest BCUT2D eigenvalue weighted by Crippen LogP contribution is 2.39. The molecule has 2 aliphatic carbocycles. The van der Waals surface area contributed by atoms with Crippen molar-refractivity contribution in [2.75, 3.05) is 0 Å². The molecule has 0 aromatic heterocycles. The van der Waals surface area contributed by atoms with Crippen LogP contribution in [0.15, 0.2) is 11.8 Å². The maximum Gasteiger partial charge on any atom is 0.215 e. The average Bonchev–Trinajstić information content (AvgIpc) is 2.95. The third kappa shape index (κ3) is 3.31. The van der Waals surface area contributed by atoms with Crippen molar-refractivity contribution in [3.05, 3.63) is 11.8 Å². The fourth-order valence-corrected chi connectivity index (χ4v) is 7.65. The molecule has 0 spiro atoms. The van der Waals surface area contributed by atoms with Crippen molar-refractivity contribution >= 4 is 26.0 Å². The number of nitrogens with one attached hydrogen (secondary N) is 2. The summed E-state index contributed by atoms with van der Waals surface area (Å²) in [5.41, 5.74) is 0.752. The number of nitriles is 1. The molecule has 0 bridgehead atoms. The van der Waals surface area contributed by atoms with Gasteiger partial charge in [-0.2, -0.15) is 5.26 Å². The zero-order valence-corrected chi connectivity index (χ0v) is 15.7. The van der Waals surface area contributed by atoms with Crippen molar-refractivity contribution in [1.82, 2.24) is 10.0 Å². The first-order chi connectivity index (χ1) is 10.9.